The zero-order chi connectivity index (χ0) is 15.2. The number of benzene rings is 1. The van der Waals surface area contributed by atoms with Crippen LogP contribution in [0.1, 0.15) is 38.3 Å². The largest absolute Gasteiger partial charge is 0.494 e. The molecular formula is C17H27FN2O. The highest BCUT2D eigenvalue weighted by molar-refractivity contribution is 5.30. The first-order chi connectivity index (χ1) is 10.2. The predicted octanol–water partition coefficient (Wildman–Crippen LogP) is 3.22. The van der Waals surface area contributed by atoms with Crippen molar-refractivity contribution in [1.82, 2.24) is 10.2 Å². The number of piperidine rings is 1. The maximum absolute atomic E-state index is 13.9. The molecule has 1 aromatic carbocycles. The molecule has 4 heteroatoms. The molecule has 0 aromatic heterocycles. The molecule has 0 radical (unpaired) electrons. The lowest BCUT2D eigenvalue weighted by Gasteiger charge is -2.33. The summed E-state index contributed by atoms with van der Waals surface area (Å²) in [5.41, 5.74) is 1.01. The number of rotatable bonds is 6. The fraction of sp³-hybridized carbons (Fsp3) is 0.647. The summed E-state index contributed by atoms with van der Waals surface area (Å²) in [5.74, 6) is 0.729. The van der Waals surface area contributed by atoms with E-state index in [4.69, 9.17) is 4.74 Å². The Labute approximate surface area is 127 Å². The molecule has 0 amide bonds. The number of nitrogens with one attached hydrogen (secondary N) is 1. The van der Waals surface area contributed by atoms with E-state index >= 15 is 0 Å². The van der Waals surface area contributed by atoms with Crippen LogP contribution < -0.4 is 10.1 Å². The summed E-state index contributed by atoms with van der Waals surface area (Å²) in [6.45, 7) is 8.61. The molecule has 0 spiro atoms. The van der Waals surface area contributed by atoms with Gasteiger partial charge in [0, 0.05) is 12.6 Å². The fourth-order valence-electron chi connectivity index (χ4n) is 3.13. The SMILES string of the molecule is CCN(CC1CCCNC1)C(C)c1ccc(OC)c(F)c1. The molecule has 0 aliphatic carbocycles. The average Bonchev–Trinajstić information content (AvgIpc) is 2.53. The van der Waals surface area contributed by atoms with Crippen molar-refractivity contribution in [2.75, 3.05) is 33.3 Å². The standard InChI is InChI=1S/C17H27FN2O/c1-4-20(12-14-6-5-9-19-11-14)13(2)15-7-8-17(21-3)16(18)10-15/h7-8,10,13-14,19H,4-6,9,11-12H2,1-3H3. The number of hydrogen-bond donors (Lipinski definition) is 1. The molecule has 3 nitrogen and oxygen atoms in total. The van der Waals surface area contributed by atoms with Gasteiger partial charge in [-0.15, -0.1) is 0 Å². The molecule has 2 unspecified atom stereocenters. The van der Waals surface area contributed by atoms with E-state index in [2.05, 4.69) is 24.1 Å². The molecule has 1 heterocycles. The van der Waals surface area contributed by atoms with Gasteiger partial charge in [0.2, 0.25) is 0 Å². The normalized spacial score (nSPS) is 20.5. The highest BCUT2D eigenvalue weighted by Crippen LogP contribution is 2.26. The predicted molar refractivity (Wildman–Crippen MR) is 84.2 cm³/mol. The summed E-state index contributed by atoms with van der Waals surface area (Å²) in [6.07, 6.45) is 2.54. The van der Waals surface area contributed by atoms with E-state index in [0.717, 1.165) is 31.7 Å². The van der Waals surface area contributed by atoms with E-state index in [1.807, 2.05) is 6.07 Å². The molecule has 21 heavy (non-hydrogen) atoms. The third-order valence-corrected chi connectivity index (χ3v) is 4.50. The van der Waals surface area contributed by atoms with Crippen molar-refractivity contribution < 1.29 is 9.13 Å². The van der Waals surface area contributed by atoms with Crippen LogP contribution in [0.5, 0.6) is 5.75 Å². The summed E-state index contributed by atoms with van der Waals surface area (Å²) in [4.78, 5) is 2.43. The first-order valence-electron chi connectivity index (χ1n) is 7.94. The summed E-state index contributed by atoms with van der Waals surface area (Å²) >= 11 is 0. The van der Waals surface area contributed by atoms with Crippen LogP contribution in [0.4, 0.5) is 4.39 Å². The van der Waals surface area contributed by atoms with E-state index in [1.165, 1.54) is 20.0 Å². The molecule has 1 aliphatic rings. The Bertz CT molecular complexity index is 446. The minimum absolute atomic E-state index is 0.220. The Hall–Kier alpha value is -1.13. The molecule has 1 aromatic rings. The number of nitrogens with zero attached hydrogens (tertiary/aromatic N) is 1. The zero-order valence-electron chi connectivity index (χ0n) is 13.4. The highest BCUT2D eigenvalue weighted by atomic mass is 19.1. The third kappa shape index (κ3) is 4.17. The van der Waals surface area contributed by atoms with E-state index in [9.17, 15) is 4.39 Å². The minimum atomic E-state index is -0.280. The maximum Gasteiger partial charge on any atom is 0.165 e. The number of ether oxygens (including phenoxy) is 1. The van der Waals surface area contributed by atoms with Crippen molar-refractivity contribution in [3.05, 3.63) is 29.6 Å². The Balaban J connectivity index is 2.04. The van der Waals surface area contributed by atoms with Gasteiger partial charge in [-0.3, -0.25) is 4.90 Å². The van der Waals surface area contributed by atoms with Crippen molar-refractivity contribution in [3.63, 3.8) is 0 Å². The van der Waals surface area contributed by atoms with Crippen LogP contribution in [0.2, 0.25) is 0 Å². The molecule has 2 atom stereocenters. The lowest BCUT2D eigenvalue weighted by molar-refractivity contribution is 0.170. The molecule has 1 saturated heterocycles. The zero-order valence-corrected chi connectivity index (χ0v) is 13.4. The molecule has 2 rings (SSSR count). The smallest absolute Gasteiger partial charge is 0.165 e. The average molecular weight is 294 g/mol. The van der Waals surface area contributed by atoms with Crippen molar-refractivity contribution in [2.45, 2.75) is 32.7 Å². The van der Waals surface area contributed by atoms with Gasteiger partial charge in [0.1, 0.15) is 0 Å². The van der Waals surface area contributed by atoms with Gasteiger partial charge in [-0.1, -0.05) is 13.0 Å². The van der Waals surface area contributed by atoms with Crippen LogP contribution in [-0.2, 0) is 0 Å². The maximum atomic E-state index is 13.9. The van der Waals surface area contributed by atoms with Crippen LogP contribution in [0, 0.1) is 11.7 Å². The third-order valence-electron chi connectivity index (χ3n) is 4.50. The molecule has 118 valence electrons. The second kappa shape index (κ2) is 7.76. The van der Waals surface area contributed by atoms with Gasteiger partial charge in [0.15, 0.2) is 11.6 Å². The first-order valence-corrected chi connectivity index (χ1v) is 7.94. The molecule has 1 fully saturated rings. The topological polar surface area (TPSA) is 24.5 Å². The second-order valence-corrected chi connectivity index (χ2v) is 5.87. The lowest BCUT2D eigenvalue weighted by Crippen LogP contribution is -2.39. The summed E-state index contributed by atoms with van der Waals surface area (Å²) in [5, 5.41) is 3.46. The van der Waals surface area contributed by atoms with Gasteiger partial charge >= 0.3 is 0 Å². The van der Waals surface area contributed by atoms with Gasteiger partial charge in [0.25, 0.3) is 0 Å². The Kier molecular flexibility index (Phi) is 6.00. The van der Waals surface area contributed by atoms with Crippen molar-refractivity contribution in [2.24, 2.45) is 5.92 Å². The lowest BCUT2D eigenvalue weighted by atomic mass is 9.97. The van der Waals surface area contributed by atoms with E-state index in [-0.39, 0.29) is 11.9 Å². The molecule has 1 N–H and O–H groups in total. The molecular weight excluding hydrogens is 267 g/mol. The first kappa shape index (κ1) is 16.2. The number of halogens is 1. The van der Waals surface area contributed by atoms with Gasteiger partial charge in [-0.05, 0) is 63.0 Å². The molecule has 0 bridgehead atoms. The fourth-order valence-corrected chi connectivity index (χ4v) is 3.13. The van der Waals surface area contributed by atoms with Crippen LogP contribution in [0.25, 0.3) is 0 Å². The van der Waals surface area contributed by atoms with Gasteiger partial charge in [-0.2, -0.15) is 0 Å². The van der Waals surface area contributed by atoms with E-state index in [0.29, 0.717) is 11.7 Å². The van der Waals surface area contributed by atoms with E-state index in [1.54, 1.807) is 12.1 Å². The van der Waals surface area contributed by atoms with Crippen molar-refractivity contribution in [1.29, 1.82) is 0 Å². The molecule has 0 saturated carbocycles. The Morgan fingerprint density at radius 2 is 2.29 bits per heavy atom. The Morgan fingerprint density at radius 3 is 2.86 bits per heavy atom. The second-order valence-electron chi connectivity index (χ2n) is 5.87. The van der Waals surface area contributed by atoms with Crippen LogP contribution in [0.3, 0.4) is 0 Å². The van der Waals surface area contributed by atoms with Crippen LogP contribution in [-0.4, -0.2) is 38.2 Å². The van der Waals surface area contributed by atoms with Crippen LogP contribution in [0.15, 0.2) is 18.2 Å². The van der Waals surface area contributed by atoms with E-state index < -0.39 is 0 Å². The van der Waals surface area contributed by atoms with Gasteiger partial charge in [-0.25, -0.2) is 4.39 Å². The number of methoxy groups -OCH3 is 1. The van der Waals surface area contributed by atoms with Crippen LogP contribution >= 0.6 is 0 Å². The van der Waals surface area contributed by atoms with Gasteiger partial charge in [0.05, 0.1) is 7.11 Å². The summed E-state index contributed by atoms with van der Waals surface area (Å²) < 4.78 is 18.9. The van der Waals surface area contributed by atoms with Gasteiger partial charge < -0.3 is 10.1 Å². The molecule has 1 aliphatic heterocycles. The summed E-state index contributed by atoms with van der Waals surface area (Å²) in [6, 6.07) is 5.51. The van der Waals surface area contributed by atoms with Crippen molar-refractivity contribution in [3.8, 4) is 5.75 Å². The quantitative estimate of drug-likeness (QED) is 0.872. The Morgan fingerprint density at radius 1 is 1.48 bits per heavy atom. The van der Waals surface area contributed by atoms with Crippen molar-refractivity contribution >= 4 is 0 Å². The highest BCUT2D eigenvalue weighted by Gasteiger charge is 2.21. The number of hydrogen-bond acceptors (Lipinski definition) is 3. The minimum Gasteiger partial charge on any atom is -0.494 e. The summed E-state index contributed by atoms with van der Waals surface area (Å²) in [7, 11) is 1.50. The monoisotopic (exact) mass is 294 g/mol.